The maximum absolute atomic E-state index is 5.69. The number of piperidine rings is 1. The molecule has 1 aliphatic heterocycles. The van der Waals surface area contributed by atoms with Crippen LogP contribution in [0.25, 0.3) is 0 Å². The number of likely N-dealkylation sites (N-methyl/N-ethyl adjacent to an activating group) is 1. The summed E-state index contributed by atoms with van der Waals surface area (Å²) in [6.45, 7) is 6.97. The van der Waals surface area contributed by atoms with Crippen molar-refractivity contribution in [2.24, 2.45) is 0 Å². The summed E-state index contributed by atoms with van der Waals surface area (Å²) < 4.78 is 10.9. The van der Waals surface area contributed by atoms with E-state index in [1.54, 1.807) is 7.11 Å². The lowest BCUT2D eigenvalue weighted by Crippen LogP contribution is -2.47. The summed E-state index contributed by atoms with van der Waals surface area (Å²) in [5.41, 5.74) is 0. The highest BCUT2D eigenvalue weighted by Crippen LogP contribution is 2.13. The molecule has 96 valence electrons. The van der Waals surface area contributed by atoms with Crippen molar-refractivity contribution in [3.05, 3.63) is 0 Å². The molecule has 2 atom stereocenters. The molecule has 1 aliphatic rings. The summed E-state index contributed by atoms with van der Waals surface area (Å²) >= 11 is 0. The number of likely N-dealkylation sites (tertiary alicyclic amines) is 1. The molecule has 16 heavy (non-hydrogen) atoms. The summed E-state index contributed by atoms with van der Waals surface area (Å²) in [7, 11) is 3.75. The molecule has 0 spiro atoms. The van der Waals surface area contributed by atoms with Crippen molar-refractivity contribution in [2.75, 3.05) is 47.0 Å². The van der Waals surface area contributed by atoms with Gasteiger partial charge in [-0.2, -0.15) is 0 Å². The topological polar surface area (TPSA) is 33.7 Å². The van der Waals surface area contributed by atoms with Gasteiger partial charge in [-0.25, -0.2) is 0 Å². The van der Waals surface area contributed by atoms with Crippen LogP contribution >= 0.6 is 0 Å². The summed E-state index contributed by atoms with van der Waals surface area (Å²) in [6.07, 6.45) is 2.88. The molecule has 2 unspecified atom stereocenters. The maximum atomic E-state index is 5.69. The number of hydrogen-bond donors (Lipinski definition) is 1. The number of nitrogens with one attached hydrogen (secondary N) is 1. The molecule has 0 aromatic carbocycles. The molecule has 0 amide bonds. The van der Waals surface area contributed by atoms with Crippen molar-refractivity contribution >= 4 is 0 Å². The quantitative estimate of drug-likeness (QED) is 0.699. The van der Waals surface area contributed by atoms with Crippen LogP contribution < -0.4 is 5.32 Å². The van der Waals surface area contributed by atoms with Crippen molar-refractivity contribution in [3.8, 4) is 0 Å². The fourth-order valence-electron chi connectivity index (χ4n) is 2.29. The Balaban J connectivity index is 2.29. The molecule has 0 aromatic heterocycles. The van der Waals surface area contributed by atoms with Crippen LogP contribution in [0.15, 0.2) is 0 Å². The van der Waals surface area contributed by atoms with Gasteiger partial charge in [0.05, 0.1) is 12.7 Å². The monoisotopic (exact) mass is 230 g/mol. The average molecular weight is 230 g/mol. The molecule has 1 fully saturated rings. The van der Waals surface area contributed by atoms with Gasteiger partial charge < -0.3 is 14.8 Å². The summed E-state index contributed by atoms with van der Waals surface area (Å²) in [5, 5.41) is 3.29. The first kappa shape index (κ1) is 13.9. The standard InChI is InChI=1S/C12H26N2O2/c1-4-16-12-6-5-7-14(9-12)8-11(13-2)10-15-3/h11-13H,4-10H2,1-3H3. The third-order valence-electron chi connectivity index (χ3n) is 3.12. The number of hydrogen-bond acceptors (Lipinski definition) is 4. The van der Waals surface area contributed by atoms with Crippen LogP contribution in [0.2, 0.25) is 0 Å². The van der Waals surface area contributed by atoms with Crippen molar-refractivity contribution < 1.29 is 9.47 Å². The minimum Gasteiger partial charge on any atom is -0.383 e. The third kappa shape index (κ3) is 4.78. The van der Waals surface area contributed by atoms with E-state index in [2.05, 4.69) is 17.1 Å². The van der Waals surface area contributed by atoms with Crippen LogP contribution in [-0.2, 0) is 9.47 Å². The number of rotatable bonds is 7. The number of methoxy groups -OCH3 is 1. The van der Waals surface area contributed by atoms with Crippen LogP contribution in [0.4, 0.5) is 0 Å². The lowest BCUT2D eigenvalue weighted by molar-refractivity contribution is 0.00107. The highest BCUT2D eigenvalue weighted by atomic mass is 16.5. The SMILES string of the molecule is CCOC1CCCN(CC(COC)NC)C1. The zero-order valence-electron chi connectivity index (χ0n) is 10.9. The summed E-state index contributed by atoms with van der Waals surface area (Å²) in [5.74, 6) is 0. The number of ether oxygens (including phenoxy) is 2. The van der Waals surface area contributed by atoms with E-state index >= 15 is 0 Å². The van der Waals surface area contributed by atoms with E-state index in [4.69, 9.17) is 9.47 Å². The molecule has 0 radical (unpaired) electrons. The number of nitrogens with zero attached hydrogens (tertiary/aromatic N) is 1. The van der Waals surface area contributed by atoms with Gasteiger partial charge in [0, 0.05) is 32.8 Å². The molecule has 0 bridgehead atoms. The molecule has 4 heteroatoms. The molecule has 0 aliphatic carbocycles. The van der Waals surface area contributed by atoms with E-state index in [-0.39, 0.29) is 0 Å². The molecule has 1 N–H and O–H groups in total. The minimum absolute atomic E-state index is 0.422. The van der Waals surface area contributed by atoms with Gasteiger partial charge in [-0.1, -0.05) is 0 Å². The van der Waals surface area contributed by atoms with Gasteiger partial charge in [0.15, 0.2) is 0 Å². The van der Waals surface area contributed by atoms with Gasteiger partial charge in [0.2, 0.25) is 0 Å². The van der Waals surface area contributed by atoms with Crippen LogP contribution in [0.1, 0.15) is 19.8 Å². The van der Waals surface area contributed by atoms with Gasteiger partial charge in [-0.05, 0) is 33.4 Å². The zero-order chi connectivity index (χ0) is 11.8. The Morgan fingerprint density at radius 3 is 2.94 bits per heavy atom. The van der Waals surface area contributed by atoms with E-state index in [9.17, 15) is 0 Å². The largest absolute Gasteiger partial charge is 0.383 e. The van der Waals surface area contributed by atoms with E-state index in [1.807, 2.05) is 7.05 Å². The first-order chi connectivity index (χ1) is 7.80. The van der Waals surface area contributed by atoms with Crippen LogP contribution in [0, 0.1) is 0 Å². The molecular weight excluding hydrogens is 204 g/mol. The molecule has 0 saturated carbocycles. The summed E-state index contributed by atoms with van der Waals surface area (Å²) in [4.78, 5) is 2.48. The molecular formula is C12H26N2O2. The lowest BCUT2D eigenvalue weighted by Gasteiger charge is -2.34. The van der Waals surface area contributed by atoms with Crippen molar-refractivity contribution in [1.29, 1.82) is 0 Å². The van der Waals surface area contributed by atoms with E-state index in [1.165, 1.54) is 19.4 Å². The van der Waals surface area contributed by atoms with Gasteiger partial charge in [0.1, 0.15) is 0 Å². The minimum atomic E-state index is 0.422. The van der Waals surface area contributed by atoms with Crippen molar-refractivity contribution in [3.63, 3.8) is 0 Å². The fourth-order valence-corrected chi connectivity index (χ4v) is 2.29. The smallest absolute Gasteiger partial charge is 0.0702 e. The Hall–Kier alpha value is -0.160. The van der Waals surface area contributed by atoms with E-state index in [0.29, 0.717) is 12.1 Å². The molecule has 1 heterocycles. The predicted molar refractivity (Wildman–Crippen MR) is 65.8 cm³/mol. The Bertz CT molecular complexity index is 176. The highest BCUT2D eigenvalue weighted by Gasteiger charge is 2.21. The highest BCUT2D eigenvalue weighted by molar-refractivity contribution is 4.77. The first-order valence-corrected chi connectivity index (χ1v) is 6.30. The Kier molecular flexibility index (Phi) is 6.96. The average Bonchev–Trinajstić information content (AvgIpc) is 2.29. The first-order valence-electron chi connectivity index (χ1n) is 6.30. The Morgan fingerprint density at radius 2 is 2.31 bits per heavy atom. The lowest BCUT2D eigenvalue weighted by atomic mass is 10.1. The Morgan fingerprint density at radius 1 is 1.50 bits per heavy atom. The molecule has 1 rings (SSSR count). The maximum Gasteiger partial charge on any atom is 0.0702 e. The summed E-state index contributed by atoms with van der Waals surface area (Å²) in [6, 6.07) is 0.422. The van der Waals surface area contributed by atoms with Gasteiger partial charge in [-0.15, -0.1) is 0 Å². The van der Waals surface area contributed by atoms with Crippen LogP contribution in [-0.4, -0.2) is 64.1 Å². The van der Waals surface area contributed by atoms with Crippen LogP contribution in [0.5, 0.6) is 0 Å². The second-order valence-corrected chi connectivity index (χ2v) is 4.42. The molecule has 0 aromatic rings. The molecule has 4 nitrogen and oxygen atoms in total. The van der Waals surface area contributed by atoms with Crippen molar-refractivity contribution in [2.45, 2.75) is 31.9 Å². The zero-order valence-corrected chi connectivity index (χ0v) is 10.9. The van der Waals surface area contributed by atoms with Gasteiger partial charge in [0.25, 0.3) is 0 Å². The van der Waals surface area contributed by atoms with Gasteiger partial charge in [-0.3, -0.25) is 4.90 Å². The third-order valence-corrected chi connectivity index (χ3v) is 3.12. The second-order valence-electron chi connectivity index (χ2n) is 4.42. The molecule has 1 saturated heterocycles. The Labute approximate surface area is 99.3 Å². The second kappa shape index (κ2) is 8.01. The van der Waals surface area contributed by atoms with Crippen LogP contribution in [0.3, 0.4) is 0 Å². The van der Waals surface area contributed by atoms with Crippen molar-refractivity contribution in [1.82, 2.24) is 10.2 Å². The van der Waals surface area contributed by atoms with Gasteiger partial charge >= 0.3 is 0 Å². The fraction of sp³-hybridized carbons (Fsp3) is 1.00. The van der Waals surface area contributed by atoms with E-state index < -0.39 is 0 Å². The normalized spacial score (nSPS) is 24.6. The van der Waals surface area contributed by atoms with E-state index in [0.717, 1.165) is 26.3 Å². The predicted octanol–water partition coefficient (Wildman–Crippen LogP) is 0.722.